The predicted octanol–water partition coefficient (Wildman–Crippen LogP) is 1.70. The Hall–Kier alpha value is -2.73. The Morgan fingerprint density at radius 1 is 1.16 bits per heavy atom. The third-order valence-corrected chi connectivity index (χ3v) is 4.69. The van der Waals surface area contributed by atoms with E-state index in [2.05, 4.69) is 4.90 Å². The summed E-state index contributed by atoms with van der Waals surface area (Å²) in [6.45, 7) is 6.21. The third kappa shape index (κ3) is 4.22. The van der Waals surface area contributed by atoms with Crippen LogP contribution in [0.3, 0.4) is 0 Å². The molecule has 0 aliphatic carbocycles. The van der Waals surface area contributed by atoms with Crippen molar-refractivity contribution in [2.45, 2.75) is 13.5 Å². The number of nitrogens with zero attached hydrogens (tertiary/aromatic N) is 2. The van der Waals surface area contributed by atoms with E-state index in [4.69, 9.17) is 0 Å². The van der Waals surface area contributed by atoms with E-state index in [-0.39, 0.29) is 16.4 Å². The van der Waals surface area contributed by atoms with Crippen LogP contribution in [0.5, 0.6) is 0 Å². The van der Waals surface area contributed by atoms with Gasteiger partial charge in [-0.15, -0.1) is 0 Å². The van der Waals surface area contributed by atoms with Crippen LogP contribution in [0.2, 0.25) is 0 Å². The Morgan fingerprint density at radius 2 is 1.84 bits per heavy atom. The lowest BCUT2D eigenvalue weighted by atomic mass is 10.1. The summed E-state index contributed by atoms with van der Waals surface area (Å²) >= 11 is 0. The molecule has 0 bridgehead atoms. The molecule has 1 saturated heterocycles. The molecule has 0 saturated carbocycles. The molecule has 1 N–H and O–H groups in total. The lowest BCUT2D eigenvalue weighted by molar-refractivity contribution is -0.914. The standard InChI is InChI=1S/C19H21N3O3/c1-15(23)17-5-7-18(8-6-17)21-11-9-20(10-12-21)14-16-3-2-4-19(13-16)22(24)25/h2-8,13H,9-12,14H2,1H3/p+1. The van der Waals surface area contributed by atoms with Crippen molar-refractivity contribution in [1.82, 2.24) is 0 Å². The number of Topliss-reactive ketones (excluding diaryl/α,β-unsaturated/α-hetero) is 1. The fourth-order valence-corrected chi connectivity index (χ4v) is 3.23. The van der Waals surface area contributed by atoms with Gasteiger partial charge in [0, 0.05) is 28.9 Å². The Morgan fingerprint density at radius 3 is 2.44 bits per heavy atom. The van der Waals surface area contributed by atoms with E-state index in [1.54, 1.807) is 19.1 Å². The first-order chi connectivity index (χ1) is 12.0. The number of benzene rings is 2. The molecule has 0 spiro atoms. The average Bonchev–Trinajstić information content (AvgIpc) is 2.63. The van der Waals surface area contributed by atoms with Crippen molar-refractivity contribution in [3.63, 3.8) is 0 Å². The van der Waals surface area contributed by atoms with Crippen LogP contribution in [0.25, 0.3) is 0 Å². The molecular weight excluding hydrogens is 318 g/mol. The second-order valence-corrected chi connectivity index (χ2v) is 6.44. The summed E-state index contributed by atoms with van der Waals surface area (Å²) in [4.78, 5) is 25.6. The molecular formula is C19H22N3O3+. The maximum absolute atomic E-state index is 11.4. The van der Waals surface area contributed by atoms with E-state index in [1.165, 1.54) is 11.0 Å². The van der Waals surface area contributed by atoms with Crippen molar-refractivity contribution < 1.29 is 14.6 Å². The summed E-state index contributed by atoms with van der Waals surface area (Å²) in [5.74, 6) is 0.0813. The van der Waals surface area contributed by atoms with Gasteiger partial charge in [-0.1, -0.05) is 12.1 Å². The summed E-state index contributed by atoms with van der Waals surface area (Å²) < 4.78 is 0. The van der Waals surface area contributed by atoms with Crippen LogP contribution >= 0.6 is 0 Å². The number of ketones is 1. The predicted molar refractivity (Wildman–Crippen MR) is 96.2 cm³/mol. The summed E-state index contributed by atoms with van der Waals surface area (Å²) in [6, 6.07) is 14.7. The second-order valence-electron chi connectivity index (χ2n) is 6.44. The zero-order chi connectivity index (χ0) is 17.8. The zero-order valence-corrected chi connectivity index (χ0v) is 14.3. The van der Waals surface area contributed by atoms with Gasteiger partial charge in [-0.3, -0.25) is 14.9 Å². The van der Waals surface area contributed by atoms with E-state index >= 15 is 0 Å². The van der Waals surface area contributed by atoms with Crippen LogP contribution in [0.4, 0.5) is 11.4 Å². The lowest BCUT2D eigenvalue weighted by Crippen LogP contribution is -3.13. The summed E-state index contributed by atoms with van der Waals surface area (Å²) in [7, 11) is 0. The van der Waals surface area contributed by atoms with Crippen LogP contribution in [0, 0.1) is 10.1 Å². The summed E-state index contributed by atoms with van der Waals surface area (Å²) in [6.07, 6.45) is 0. The number of carbonyl (C=O) groups is 1. The van der Waals surface area contributed by atoms with E-state index < -0.39 is 0 Å². The molecule has 1 heterocycles. The largest absolute Gasteiger partial charge is 0.360 e. The van der Waals surface area contributed by atoms with Crippen LogP contribution in [0.15, 0.2) is 48.5 Å². The summed E-state index contributed by atoms with van der Waals surface area (Å²) in [5.41, 5.74) is 3.03. The number of hydrogen-bond donors (Lipinski definition) is 1. The molecule has 0 unspecified atom stereocenters. The van der Waals surface area contributed by atoms with Crippen LogP contribution < -0.4 is 9.80 Å². The van der Waals surface area contributed by atoms with E-state index in [0.717, 1.165) is 49.5 Å². The van der Waals surface area contributed by atoms with Gasteiger partial charge in [0.25, 0.3) is 5.69 Å². The number of non-ortho nitro benzene ring substituents is 1. The number of hydrogen-bond acceptors (Lipinski definition) is 4. The van der Waals surface area contributed by atoms with Gasteiger partial charge in [-0.25, -0.2) is 0 Å². The summed E-state index contributed by atoms with van der Waals surface area (Å²) in [5, 5.41) is 10.9. The molecule has 3 rings (SSSR count). The van der Waals surface area contributed by atoms with Crippen molar-refractivity contribution >= 4 is 17.2 Å². The first kappa shape index (κ1) is 17.1. The highest BCUT2D eigenvalue weighted by Gasteiger charge is 2.21. The van der Waals surface area contributed by atoms with Gasteiger partial charge < -0.3 is 9.80 Å². The highest BCUT2D eigenvalue weighted by Crippen LogP contribution is 2.16. The average molecular weight is 340 g/mol. The highest BCUT2D eigenvalue weighted by atomic mass is 16.6. The van der Waals surface area contributed by atoms with E-state index in [0.29, 0.717) is 0 Å². The molecule has 0 aromatic heterocycles. The minimum atomic E-state index is -0.346. The normalized spacial score (nSPS) is 15.2. The number of anilines is 1. The van der Waals surface area contributed by atoms with E-state index in [9.17, 15) is 14.9 Å². The van der Waals surface area contributed by atoms with E-state index in [1.807, 2.05) is 30.3 Å². The molecule has 2 aromatic rings. The van der Waals surface area contributed by atoms with Crippen molar-refractivity contribution in [3.05, 3.63) is 69.8 Å². The number of rotatable bonds is 5. The molecule has 2 aromatic carbocycles. The first-order valence-corrected chi connectivity index (χ1v) is 8.46. The molecule has 0 atom stereocenters. The van der Waals surface area contributed by atoms with Crippen molar-refractivity contribution in [2.24, 2.45) is 0 Å². The maximum Gasteiger partial charge on any atom is 0.269 e. The van der Waals surface area contributed by atoms with Gasteiger partial charge in [0.2, 0.25) is 0 Å². The molecule has 130 valence electrons. The first-order valence-electron chi connectivity index (χ1n) is 8.46. The third-order valence-electron chi connectivity index (χ3n) is 4.69. The molecule has 25 heavy (non-hydrogen) atoms. The molecule has 1 aliphatic rings. The highest BCUT2D eigenvalue weighted by molar-refractivity contribution is 5.94. The van der Waals surface area contributed by atoms with Crippen molar-refractivity contribution in [3.8, 4) is 0 Å². The van der Waals surface area contributed by atoms with Gasteiger partial charge in [-0.05, 0) is 31.2 Å². The smallest absolute Gasteiger partial charge is 0.269 e. The Labute approximate surface area is 146 Å². The van der Waals surface area contributed by atoms with Crippen LogP contribution in [-0.2, 0) is 6.54 Å². The van der Waals surface area contributed by atoms with Gasteiger partial charge in [-0.2, -0.15) is 0 Å². The second kappa shape index (κ2) is 7.44. The lowest BCUT2D eigenvalue weighted by Gasteiger charge is -2.33. The van der Waals surface area contributed by atoms with Crippen LogP contribution in [-0.4, -0.2) is 36.9 Å². The number of nitro groups is 1. The van der Waals surface area contributed by atoms with Crippen molar-refractivity contribution in [1.29, 1.82) is 0 Å². The number of piperazine rings is 1. The SMILES string of the molecule is CC(=O)c1ccc(N2CC[NH+](Cc3cccc([N+](=O)[O-])c3)CC2)cc1. The number of nitro benzene ring substituents is 1. The molecule has 0 amide bonds. The number of carbonyl (C=O) groups excluding carboxylic acids is 1. The van der Waals surface area contributed by atoms with Gasteiger partial charge in [0.15, 0.2) is 5.78 Å². The molecule has 6 heteroatoms. The molecule has 1 aliphatic heterocycles. The monoisotopic (exact) mass is 340 g/mol. The topological polar surface area (TPSA) is 67.9 Å². The zero-order valence-electron chi connectivity index (χ0n) is 14.3. The fourth-order valence-electron chi connectivity index (χ4n) is 3.23. The minimum Gasteiger partial charge on any atom is -0.360 e. The quantitative estimate of drug-likeness (QED) is 0.511. The molecule has 1 fully saturated rings. The fraction of sp³-hybridized carbons (Fsp3) is 0.316. The van der Waals surface area contributed by atoms with Gasteiger partial charge in [0.05, 0.1) is 31.1 Å². The molecule has 0 radical (unpaired) electrons. The Balaban J connectivity index is 1.57. The molecule has 6 nitrogen and oxygen atoms in total. The number of nitrogens with one attached hydrogen (secondary N) is 1. The van der Waals surface area contributed by atoms with Gasteiger partial charge in [0.1, 0.15) is 6.54 Å². The van der Waals surface area contributed by atoms with Crippen molar-refractivity contribution in [2.75, 3.05) is 31.1 Å². The van der Waals surface area contributed by atoms with Crippen LogP contribution in [0.1, 0.15) is 22.8 Å². The minimum absolute atomic E-state index is 0.0813. The number of quaternary nitrogens is 1. The Kier molecular flexibility index (Phi) is 5.09. The van der Waals surface area contributed by atoms with Gasteiger partial charge >= 0.3 is 0 Å². The maximum atomic E-state index is 11.4. The Bertz CT molecular complexity index is 766.